The van der Waals surface area contributed by atoms with Gasteiger partial charge in [-0.1, -0.05) is 11.3 Å². The Morgan fingerprint density at radius 1 is 1.03 bits per heavy atom. The molecule has 2 aliphatic rings. The molecule has 0 saturated carbocycles. The lowest BCUT2D eigenvalue weighted by Gasteiger charge is -2.24. The summed E-state index contributed by atoms with van der Waals surface area (Å²) in [5, 5.41) is 14.9. The maximum Gasteiger partial charge on any atom is 0.322 e. The van der Waals surface area contributed by atoms with Crippen LogP contribution < -0.4 is 29.6 Å². The summed E-state index contributed by atoms with van der Waals surface area (Å²) >= 11 is 1.24. The number of urea groups is 1. The van der Waals surface area contributed by atoms with Crippen molar-refractivity contribution in [3.63, 3.8) is 0 Å². The normalized spacial score (nSPS) is 16.2. The molecule has 0 bridgehead atoms. The largest absolute Gasteiger partial charge is 0.497 e. The fourth-order valence-corrected chi connectivity index (χ4v) is 4.71. The van der Waals surface area contributed by atoms with Gasteiger partial charge in [0.05, 0.1) is 14.2 Å². The monoisotopic (exact) mass is 497 g/mol. The number of hydrogen-bond acceptors (Lipinski definition) is 9. The Hall–Kier alpha value is -4.06. The van der Waals surface area contributed by atoms with Crippen LogP contribution in [0.4, 0.5) is 15.6 Å². The number of amides is 3. The summed E-state index contributed by atoms with van der Waals surface area (Å²) < 4.78 is 21.2. The van der Waals surface area contributed by atoms with Gasteiger partial charge in [0, 0.05) is 36.0 Å². The lowest BCUT2D eigenvalue weighted by Crippen LogP contribution is -2.45. The molecule has 0 radical (unpaired) electrons. The average molecular weight is 498 g/mol. The van der Waals surface area contributed by atoms with Crippen molar-refractivity contribution in [3.8, 4) is 33.6 Å². The van der Waals surface area contributed by atoms with Crippen LogP contribution in [-0.2, 0) is 4.79 Å². The molecule has 2 aromatic carbocycles. The number of nitrogens with zero attached hydrogens (tertiary/aromatic N) is 3. The molecule has 1 saturated heterocycles. The van der Waals surface area contributed by atoms with Gasteiger partial charge in [-0.25, -0.2) is 4.79 Å². The number of methoxy groups -OCH3 is 2. The van der Waals surface area contributed by atoms with E-state index in [1.54, 1.807) is 18.2 Å². The summed E-state index contributed by atoms with van der Waals surface area (Å²) in [5.74, 6) is 2.10. The Morgan fingerprint density at radius 3 is 2.57 bits per heavy atom. The van der Waals surface area contributed by atoms with Gasteiger partial charge in [-0.15, -0.1) is 10.2 Å². The fourth-order valence-electron chi connectivity index (χ4n) is 3.97. The van der Waals surface area contributed by atoms with E-state index in [9.17, 15) is 9.59 Å². The highest BCUT2D eigenvalue weighted by molar-refractivity contribution is 7.18. The van der Waals surface area contributed by atoms with E-state index in [4.69, 9.17) is 18.9 Å². The quantitative estimate of drug-likeness (QED) is 0.530. The average Bonchev–Trinajstić information content (AvgIpc) is 3.63. The lowest BCUT2D eigenvalue weighted by molar-refractivity contribution is -0.119. The Bertz CT molecular complexity index is 1240. The van der Waals surface area contributed by atoms with Gasteiger partial charge in [-0.2, -0.15) is 0 Å². The minimum atomic E-state index is -0.625. The van der Waals surface area contributed by atoms with Gasteiger partial charge in [0.1, 0.15) is 22.5 Å². The van der Waals surface area contributed by atoms with E-state index in [2.05, 4.69) is 20.8 Å². The number of likely N-dealkylation sites (tertiary alicyclic amines) is 1. The number of carbonyl (C=O) groups excluding carboxylic acids is 2. The summed E-state index contributed by atoms with van der Waals surface area (Å²) in [6.07, 6.45) is 1.26. The molecule has 182 valence electrons. The van der Waals surface area contributed by atoms with Crippen molar-refractivity contribution < 1.29 is 28.5 Å². The van der Waals surface area contributed by atoms with Crippen LogP contribution in [0.1, 0.15) is 12.8 Å². The second-order valence-electron chi connectivity index (χ2n) is 7.85. The molecule has 1 unspecified atom stereocenters. The first kappa shape index (κ1) is 22.7. The van der Waals surface area contributed by atoms with Gasteiger partial charge >= 0.3 is 6.03 Å². The summed E-state index contributed by atoms with van der Waals surface area (Å²) in [5.41, 5.74) is 1.32. The molecule has 0 spiro atoms. The zero-order valence-electron chi connectivity index (χ0n) is 19.1. The number of hydrogen-bond donors (Lipinski definition) is 2. The van der Waals surface area contributed by atoms with Gasteiger partial charge in [-0.05, 0) is 31.0 Å². The summed E-state index contributed by atoms with van der Waals surface area (Å²) in [7, 11) is 3.07. The molecule has 1 atom stereocenters. The van der Waals surface area contributed by atoms with Crippen molar-refractivity contribution in [1.82, 2.24) is 15.1 Å². The highest BCUT2D eigenvalue weighted by Gasteiger charge is 2.35. The molecule has 11 nitrogen and oxygen atoms in total. The molecule has 1 fully saturated rings. The first-order chi connectivity index (χ1) is 17.0. The van der Waals surface area contributed by atoms with E-state index in [1.807, 2.05) is 18.2 Å². The van der Waals surface area contributed by atoms with Crippen LogP contribution in [0.25, 0.3) is 10.6 Å². The Balaban J connectivity index is 1.25. The van der Waals surface area contributed by atoms with E-state index in [0.717, 1.165) is 5.56 Å². The minimum Gasteiger partial charge on any atom is -0.497 e. The zero-order valence-corrected chi connectivity index (χ0v) is 19.9. The van der Waals surface area contributed by atoms with Gasteiger partial charge in [-0.3, -0.25) is 10.1 Å². The summed E-state index contributed by atoms with van der Waals surface area (Å²) in [6, 6.07) is 9.57. The Kier molecular flexibility index (Phi) is 6.27. The zero-order chi connectivity index (χ0) is 24.4. The van der Waals surface area contributed by atoms with Crippen LogP contribution >= 0.6 is 11.3 Å². The van der Waals surface area contributed by atoms with Crippen LogP contribution in [0, 0.1) is 0 Å². The van der Waals surface area contributed by atoms with Crippen LogP contribution in [-0.4, -0.2) is 60.6 Å². The van der Waals surface area contributed by atoms with Gasteiger partial charge in [0.2, 0.25) is 17.8 Å². The molecule has 2 aliphatic heterocycles. The second-order valence-corrected chi connectivity index (χ2v) is 8.83. The van der Waals surface area contributed by atoms with Crippen molar-refractivity contribution >= 4 is 34.1 Å². The number of nitrogens with one attached hydrogen (secondary N) is 2. The molecule has 5 rings (SSSR count). The number of rotatable bonds is 6. The Morgan fingerprint density at radius 2 is 1.80 bits per heavy atom. The first-order valence-corrected chi connectivity index (χ1v) is 11.7. The topological polar surface area (TPSA) is 124 Å². The van der Waals surface area contributed by atoms with Crippen LogP contribution in [0.2, 0.25) is 0 Å². The summed E-state index contributed by atoms with van der Waals surface area (Å²) in [4.78, 5) is 27.5. The van der Waals surface area contributed by atoms with E-state index in [1.165, 1.54) is 30.5 Å². The molecule has 3 heterocycles. The first-order valence-electron chi connectivity index (χ1n) is 10.9. The fraction of sp³-hybridized carbons (Fsp3) is 0.304. The third-order valence-corrected chi connectivity index (χ3v) is 6.58. The van der Waals surface area contributed by atoms with Crippen LogP contribution in [0.3, 0.4) is 0 Å². The number of fused-ring (bicyclic) bond motifs is 1. The second kappa shape index (κ2) is 9.66. The highest BCUT2D eigenvalue weighted by atomic mass is 32.1. The number of carbonyl (C=O) groups is 2. The number of aromatic nitrogens is 2. The Labute approximate surface area is 205 Å². The molecular formula is C23H23N5O6S. The van der Waals surface area contributed by atoms with Crippen molar-refractivity contribution in [2.75, 3.05) is 38.2 Å². The molecule has 3 aromatic rings. The number of benzene rings is 2. The van der Waals surface area contributed by atoms with Crippen molar-refractivity contribution in [2.45, 2.75) is 18.9 Å². The van der Waals surface area contributed by atoms with Crippen molar-refractivity contribution in [2.24, 2.45) is 0 Å². The molecule has 35 heavy (non-hydrogen) atoms. The van der Waals surface area contributed by atoms with Gasteiger partial charge in [0.15, 0.2) is 11.5 Å². The van der Waals surface area contributed by atoms with Crippen molar-refractivity contribution in [3.05, 3.63) is 36.4 Å². The maximum absolute atomic E-state index is 13.0. The van der Waals surface area contributed by atoms with E-state index >= 15 is 0 Å². The van der Waals surface area contributed by atoms with Crippen LogP contribution in [0.5, 0.6) is 23.0 Å². The molecule has 1 aromatic heterocycles. The molecule has 3 amide bonds. The molecule has 0 aliphatic carbocycles. The predicted molar refractivity (Wildman–Crippen MR) is 128 cm³/mol. The third-order valence-electron chi connectivity index (χ3n) is 5.69. The molecule has 2 N–H and O–H groups in total. The highest BCUT2D eigenvalue weighted by Crippen LogP contribution is 2.37. The maximum atomic E-state index is 13.0. The number of ether oxygens (including phenoxy) is 4. The van der Waals surface area contributed by atoms with E-state index in [-0.39, 0.29) is 18.7 Å². The van der Waals surface area contributed by atoms with Crippen molar-refractivity contribution in [1.29, 1.82) is 0 Å². The third kappa shape index (κ3) is 4.78. The molecule has 12 heteroatoms. The summed E-state index contributed by atoms with van der Waals surface area (Å²) in [6.45, 7) is 0.649. The van der Waals surface area contributed by atoms with Crippen LogP contribution in [0.15, 0.2) is 36.4 Å². The standard InChI is InChI=1S/C23H23N5O6S/c1-31-15-9-14(10-16(11-15)32-2)24-23(30)28-7-3-4-17(28)20(29)25-22-27-26-21(35-22)13-5-6-18-19(8-13)34-12-33-18/h5-6,8-11,17H,3-4,7,12H2,1-2H3,(H,24,30)(H,25,27,29). The van der Waals surface area contributed by atoms with E-state index in [0.29, 0.717) is 58.2 Å². The minimum absolute atomic E-state index is 0.188. The van der Waals surface area contributed by atoms with Gasteiger partial charge in [0.25, 0.3) is 0 Å². The predicted octanol–water partition coefficient (Wildman–Crippen LogP) is 3.59. The lowest BCUT2D eigenvalue weighted by atomic mass is 10.2. The SMILES string of the molecule is COc1cc(NC(=O)N2CCCC2C(=O)Nc2nnc(-c3ccc4c(c3)OCO4)s2)cc(OC)c1. The molecular weight excluding hydrogens is 474 g/mol. The van der Waals surface area contributed by atoms with Gasteiger partial charge < -0.3 is 29.2 Å². The number of anilines is 2. The smallest absolute Gasteiger partial charge is 0.322 e. The van der Waals surface area contributed by atoms with E-state index < -0.39 is 6.04 Å².